The smallest absolute Gasteiger partial charge is 0.0262 e. The molecule has 0 heteroatoms. The molecule has 0 aliphatic carbocycles. The van der Waals surface area contributed by atoms with Crippen LogP contribution in [0, 0.1) is 5.92 Å². The van der Waals surface area contributed by atoms with E-state index >= 15 is 0 Å². The quantitative estimate of drug-likeness (QED) is 0.174. The van der Waals surface area contributed by atoms with Crippen LogP contribution in [0.2, 0.25) is 0 Å². The molecule has 0 nitrogen and oxygen atoms in total. The molecule has 138 valence electrons. The number of unbranched alkanes of at least 4 members (excludes halogenated alkanes) is 14. The van der Waals surface area contributed by atoms with Crippen LogP contribution in [0.5, 0.6) is 0 Å². The summed E-state index contributed by atoms with van der Waals surface area (Å²) >= 11 is 0. The average molecular weight is 323 g/mol. The van der Waals surface area contributed by atoms with Crippen LogP contribution in [0.25, 0.3) is 0 Å². The van der Waals surface area contributed by atoms with Gasteiger partial charge in [-0.25, -0.2) is 0 Å². The minimum Gasteiger partial charge on any atom is -0.0883 e. The van der Waals surface area contributed by atoms with Gasteiger partial charge in [0.1, 0.15) is 0 Å². The van der Waals surface area contributed by atoms with Gasteiger partial charge in [0.15, 0.2) is 0 Å². The highest BCUT2D eigenvalue weighted by Crippen LogP contribution is 2.15. The normalized spacial score (nSPS) is 13.0. The predicted molar refractivity (Wildman–Crippen MR) is 108 cm³/mol. The van der Waals surface area contributed by atoms with E-state index < -0.39 is 0 Å². The summed E-state index contributed by atoms with van der Waals surface area (Å²) in [7, 11) is 0. The van der Waals surface area contributed by atoms with E-state index in [0.717, 1.165) is 5.92 Å². The zero-order chi connectivity index (χ0) is 17.0. The first-order valence-electron chi connectivity index (χ1n) is 11.0. The highest BCUT2D eigenvalue weighted by Gasteiger charge is 1.97. The highest BCUT2D eigenvalue weighted by molar-refractivity contribution is 4.86. The van der Waals surface area contributed by atoms with Crippen molar-refractivity contribution in [3.05, 3.63) is 12.2 Å². The Morgan fingerprint density at radius 1 is 0.565 bits per heavy atom. The van der Waals surface area contributed by atoms with Gasteiger partial charge in [-0.3, -0.25) is 0 Å². The molecule has 0 amide bonds. The van der Waals surface area contributed by atoms with E-state index in [4.69, 9.17) is 0 Å². The van der Waals surface area contributed by atoms with E-state index in [0.29, 0.717) is 0 Å². The Morgan fingerprint density at radius 2 is 1.00 bits per heavy atom. The lowest BCUT2D eigenvalue weighted by atomic mass is 10.0. The molecule has 1 atom stereocenters. The SMILES string of the molecule is CCCCCCCC=CC(C)CCCCCCCCCCCC. The highest BCUT2D eigenvalue weighted by atomic mass is 14.0. The predicted octanol–water partition coefficient (Wildman–Crippen LogP) is 8.85. The Kier molecular flexibility index (Phi) is 19.6. The number of allylic oxidation sites excluding steroid dienone is 2. The van der Waals surface area contributed by atoms with Crippen LogP contribution in [0.3, 0.4) is 0 Å². The van der Waals surface area contributed by atoms with Crippen molar-refractivity contribution in [1.29, 1.82) is 0 Å². The van der Waals surface area contributed by atoms with Crippen LogP contribution in [-0.2, 0) is 0 Å². The van der Waals surface area contributed by atoms with Crippen molar-refractivity contribution in [2.45, 2.75) is 130 Å². The molecule has 0 radical (unpaired) electrons. The maximum absolute atomic E-state index is 2.47. The van der Waals surface area contributed by atoms with Gasteiger partial charge < -0.3 is 0 Å². The van der Waals surface area contributed by atoms with Crippen molar-refractivity contribution in [3.63, 3.8) is 0 Å². The molecule has 0 saturated heterocycles. The van der Waals surface area contributed by atoms with Gasteiger partial charge in [0.25, 0.3) is 0 Å². The summed E-state index contributed by atoms with van der Waals surface area (Å²) in [6, 6.07) is 0. The summed E-state index contributed by atoms with van der Waals surface area (Å²) in [6.45, 7) is 6.97. The molecule has 0 aliphatic heterocycles. The Labute approximate surface area is 148 Å². The molecule has 0 aromatic carbocycles. The summed E-state index contributed by atoms with van der Waals surface area (Å²) in [5.74, 6) is 0.791. The molecule has 0 N–H and O–H groups in total. The van der Waals surface area contributed by atoms with Crippen molar-refractivity contribution in [2.24, 2.45) is 5.92 Å². The van der Waals surface area contributed by atoms with Crippen molar-refractivity contribution < 1.29 is 0 Å². The molecule has 0 heterocycles. The van der Waals surface area contributed by atoms with Crippen molar-refractivity contribution >= 4 is 0 Å². The fourth-order valence-electron chi connectivity index (χ4n) is 3.24. The summed E-state index contributed by atoms with van der Waals surface area (Å²) in [5, 5.41) is 0. The van der Waals surface area contributed by atoms with Gasteiger partial charge in [0, 0.05) is 0 Å². The zero-order valence-corrected chi connectivity index (χ0v) is 16.8. The van der Waals surface area contributed by atoms with Crippen molar-refractivity contribution in [1.82, 2.24) is 0 Å². The molecular formula is C23H46. The third kappa shape index (κ3) is 19.7. The fraction of sp³-hybridized carbons (Fsp3) is 0.913. The van der Waals surface area contributed by atoms with Crippen LogP contribution in [0.15, 0.2) is 12.2 Å². The molecule has 0 bridgehead atoms. The molecule has 0 aromatic heterocycles. The van der Waals surface area contributed by atoms with E-state index in [9.17, 15) is 0 Å². The lowest BCUT2D eigenvalue weighted by molar-refractivity contribution is 0.525. The van der Waals surface area contributed by atoms with Gasteiger partial charge in [-0.2, -0.15) is 0 Å². The minimum absolute atomic E-state index is 0.791. The van der Waals surface area contributed by atoms with Gasteiger partial charge in [-0.1, -0.05) is 123 Å². The van der Waals surface area contributed by atoms with Gasteiger partial charge in [0.05, 0.1) is 0 Å². The topological polar surface area (TPSA) is 0 Å². The molecule has 0 fully saturated rings. The van der Waals surface area contributed by atoms with Crippen LogP contribution < -0.4 is 0 Å². The van der Waals surface area contributed by atoms with Gasteiger partial charge in [-0.05, 0) is 25.2 Å². The molecule has 0 aliphatic rings. The summed E-state index contributed by atoms with van der Waals surface area (Å²) in [5.41, 5.74) is 0. The standard InChI is InChI=1S/C23H46/c1-4-6-8-10-12-13-14-16-18-20-22-23(3)21-19-17-15-11-9-7-5-2/h19,21,23H,4-18,20,22H2,1-3H3. The van der Waals surface area contributed by atoms with E-state index in [1.165, 1.54) is 109 Å². The first-order chi connectivity index (χ1) is 11.3. The first kappa shape index (κ1) is 22.7. The summed E-state index contributed by atoms with van der Waals surface area (Å²) in [4.78, 5) is 0. The van der Waals surface area contributed by atoms with Crippen LogP contribution in [-0.4, -0.2) is 0 Å². The maximum Gasteiger partial charge on any atom is -0.0262 e. The molecule has 0 rings (SSSR count). The van der Waals surface area contributed by atoms with Gasteiger partial charge in [0.2, 0.25) is 0 Å². The second-order valence-electron chi connectivity index (χ2n) is 7.58. The summed E-state index contributed by atoms with van der Waals surface area (Å²) < 4.78 is 0. The molecule has 0 aromatic rings. The lowest BCUT2D eigenvalue weighted by Gasteiger charge is -2.06. The fourth-order valence-corrected chi connectivity index (χ4v) is 3.24. The molecule has 1 unspecified atom stereocenters. The van der Waals surface area contributed by atoms with E-state index in [1.54, 1.807) is 0 Å². The number of rotatable bonds is 18. The summed E-state index contributed by atoms with van der Waals surface area (Å²) in [6.07, 6.45) is 29.1. The van der Waals surface area contributed by atoms with Gasteiger partial charge >= 0.3 is 0 Å². The second kappa shape index (κ2) is 19.8. The molecule has 0 saturated carbocycles. The van der Waals surface area contributed by atoms with E-state index in [2.05, 4.69) is 32.9 Å². The van der Waals surface area contributed by atoms with Crippen LogP contribution in [0.4, 0.5) is 0 Å². The molecule has 0 spiro atoms. The van der Waals surface area contributed by atoms with Crippen LogP contribution in [0.1, 0.15) is 130 Å². The third-order valence-corrected chi connectivity index (χ3v) is 4.95. The lowest BCUT2D eigenvalue weighted by Crippen LogP contribution is -1.90. The third-order valence-electron chi connectivity index (χ3n) is 4.95. The van der Waals surface area contributed by atoms with Crippen LogP contribution >= 0.6 is 0 Å². The Morgan fingerprint density at radius 3 is 1.52 bits per heavy atom. The largest absolute Gasteiger partial charge is 0.0883 e. The maximum atomic E-state index is 2.47. The average Bonchev–Trinajstić information content (AvgIpc) is 2.55. The minimum atomic E-state index is 0.791. The zero-order valence-electron chi connectivity index (χ0n) is 16.8. The molecular weight excluding hydrogens is 276 g/mol. The molecule has 23 heavy (non-hydrogen) atoms. The Bertz CT molecular complexity index is 228. The first-order valence-corrected chi connectivity index (χ1v) is 11.0. The number of hydrogen-bond acceptors (Lipinski definition) is 0. The number of hydrogen-bond donors (Lipinski definition) is 0. The van der Waals surface area contributed by atoms with E-state index in [-0.39, 0.29) is 0 Å². The second-order valence-corrected chi connectivity index (χ2v) is 7.58. The van der Waals surface area contributed by atoms with Gasteiger partial charge in [-0.15, -0.1) is 0 Å². The van der Waals surface area contributed by atoms with E-state index in [1.807, 2.05) is 0 Å². The van der Waals surface area contributed by atoms with Crippen molar-refractivity contribution in [3.8, 4) is 0 Å². The van der Waals surface area contributed by atoms with Crippen molar-refractivity contribution in [2.75, 3.05) is 0 Å². The Hall–Kier alpha value is -0.260. The Balaban J connectivity index is 3.22. The monoisotopic (exact) mass is 322 g/mol.